The van der Waals surface area contributed by atoms with E-state index in [4.69, 9.17) is 4.74 Å². The van der Waals surface area contributed by atoms with E-state index in [0.29, 0.717) is 17.0 Å². The SMILES string of the molecule is Cc1nn(-c2ccccc2)c(COC(=O)CSc2ccccc2)c1C#N. The highest BCUT2D eigenvalue weighted by atomic mass is 32.2. The average Bonchev–Trinajstić information content (AvgIpc) is 3.01. The van der Waals surface area contributed by atoms with Crippen molar-refractivity contribution in [2.45, 2.75) is 18.4 Å². The number of nitrogens with zero attached hydrogens (tertiary/aromatic N) is 3. The number of rotatable bonds is 6. The maximum atomic E-state index is 12.1. The highest BCUT2D eigenvalue weighted by molar-refractivity contribution is 8.00. The zero-order valence-corrected chi connectivity index (χ0v) is 15.1. The van der Waals surface area contributed by atoms with Crippen molar-refractivity contribution in [2.24, 2.45) is 0 Å². The third kappa shape index (κ3) is 4.13. The molecule has 0 saturated carbocycles. The molecule has 1 aromatic heterocycles. The minimum absolute atomic E-state index is 0.00676. The van der Waals surface area contributed by atoms with Crippen LogP contribution < -0.4 is 0 Å². The molecule has 0 N–H and O–H groups in total. The molecule has 0 radical (unpaired) electrons. The molecule has 0 amide bonds. The number of thioether (sulfide) groups is 1. The van der Waals surface area contributed by atoms with Crippen molar-refractivity contribution in [1.82, 2.24) is 9.78 Å². The molecule has 130 valence electrons. The van der Waals surface area contributed by atoms with E-state index in [2.05, 4.69) is 11.2 Å². The first-order chi connectivity index (χ1) is 12.7. The van der Waals surface area contributed by atoms with Crippen LogP contribution in [0.1, 0.15) is 17.0 Å². The second kappa shape index (κ2) is 8.37. The second-order valence-corrected chi connectivity index (χ2v) is 6.58. The van der Waals surface area contributed by atoms with Crippen LogP contribution in [-0.4, -0.2) is 21.5 Å². The maximum absolute atomic E-state index is 12.1. The van der Waals surface area contributed by atoms with E-state index < -0.39 is 0 Å². The standard InChI is InChI=1S/C20H17N3O2S/c1-15-18(12-21)19(23(22-15)16-8-4-2-5-9-16)13-25-20(24)14-26-17-10-6-3-7-11-17/h2-11H,13-14H2,1H3. The third-order valence-corrected chi connectivity index (χ3v) is 4.72. The monoisotopic (exact) mass is 363 g/mol. The van der Waals surface area contributed by atoms with E-state index in [-0.39, 0.29) is 18.3 Å². The number of nitriles is 1. The van der Waals surface area contributed by atoms with Crippen molar-refractivity contribution < 1.29 is 9.53 Å². The maximum Gasteiger partial charge on any atom is 0.316 e. The summed E-state index contributed by atoms with van der Waals surface area (Å²) in [5.41, 5.74) is 2.45. The van der Waals surface area contributed by atoms with Gasteiger partial charge in [-0.05, 0) is 31.2 Å². The summed E-state index contributed by atoms with van der Waals surface area (Å²) in [6.45, 7) is 1.78. The van der Waals surface area contributed by atoms with Crippen LogP contribution in [0.2, 0.25) is 0 Å². The molecule has 0 bridgehead atoms. The van der Waals surface area contributed by atoms with Crippen LogP contribution in [0.15, 0.2) is 65.6 Å². The Hall–Kier alpha value is -3.04. The molecule has 0 atom stereocenters. The number of hydrogen-bond donors (Lipinski definition) is 0. The van der Waals surface area contributed by atoms with Crippen molar-refractivity contribution in [1.29, 1.82) is 5.26 Å². The summed E-state index contributed by atoms with van der Waals surface area (Å²) in [7, 11) is 0. The number of carbonyl (C=O) groups excluding carboxylic acids is 1. The first-order valence-corrected chi connectivity index (χ1v) is 9.05. The van der Waals surface area contributed by atoms with Gasteiger partial charge >= 0.3 is 5.97 Å². The Morgan fingerprint density at radius 3 is 2.46 bits per heavy atom. The Bertz CT molecular complexity index is 931. The molecule has 0 aliphatic rings. The smallest absolute Gasteiger partial charge is 0.316 e. The molecular weight excluding hydrogens is 346 g/mol. The molecule has 0 fully saturated rings. The summed E-state index contributed by atoms with van der Waals surface area (Å²) in [4.78, 5) is 13.1. The van der Waals surface area contributed by atoms with Gasteiger partial charge in [-0.25, -0.2) is 4.68 Å². The normalized spacial score (nSPS) is 10.3. The average molecular weight is 363 g/mol. The lowest BCUT2D eigenvalue weighted by Crippen LogP contribution is -2.11. The van der Waals surface area contributed by atoms with Crippen LogP contribution in [0.5, 0.6) is 0 Å². The van der Waals surface area contributed by atoms with Gasteiger partial charge in [0.1, 0.15) is 18.2 Å². The highest BCUT2D eigenvalue weighted by Gasteiger charge is 2.18. The van der Waals surface area contributed by atoms with E-state index in [1.807, 2.05) is 60.7 Å². The van der Waals surface area contributed by atoms with Crippen molar-refractivity contribution in [3.05, 3.63) is 77.6 Å². The Balaban J connectivity index is 1.71. The van der Waals surface area contributed by atoms with Gasteiger partial charge in [0.25, 0.3) is 0 Å². The number of aryl methyl sites for hydroxylation is 1. The zero-order chi connectivity index (χ0) is 18.4. The summed E-state index contributed by atoms with van der Waals surface area (Å²) in [5, 5.41) is 13.8. The van der Waals surface area contributed by atoms with Gasteiger partial charge in [-0.15, -0.1) is 11.8 Å². The van der Waals surface area contributed by atoms with Gasteiger partial charge in [-0.2, -0.15) is 10.4 Å². The van der Waals surface area contributed by atoms with E-state index >= 15 is 0 Å². The van der Waals surface area contributed by atoms with Gasteiger partial charge in [0.15, 0.2) is 0 Å². The van der Waals surface area contributed by atoms with E-state index in [0.717, 1.165) is 10.6 Å². The largest absolute Gasteiger partial charge is 0.458 e. The molecule has 5 nitrogen and oxygen atoms in total. The summed E-state index contributed by atoms with van der Waals surface area (Å²) < 4.78 is 7.05. The fourth-order valence-corrected chi connectivity index (χ4v) is 3.20. The summed E-state index contributed by atoms with van der Waals surface area (Å²) in [6, 6.07) is 21.3. The van der Waals surface area contributed by atoms with E-state index in [1.165, 1.54) is 11.8 Å². The molecule has 0 saturated heterocycles. The molecule has 0 unspecified atom stereocenters. The first kappa shape index (κ1) is 17.8. The second-order valence-electron chi connectivity index (χ2n) is 5.53. The fraction of sp³-hybridized carbons (Fsp3) is 0.150. The number of aromatic nitrogens is 2. The molecule has 0 aliphatic carbocycles. The predicted molar refractivity (Wildman–Crippen MR) is 100.0 cm³/mol. The van der Waals surface area contributed by atoms with E-state index in [1.54, 1.807) is 11.6 Å². The van der Waals surface area contributed by atoms with Crippen LogP contribution in [0.3, 0.4) is 0 Å². The third-order valence-electron chi connectivity index (χ3n) is 3.74. The lowest BCUT2D eigenvalue weighted by Gasteiger charge is -2.09. The highest BCUT2D eigenvalue weighted by Crippen LogP contribution is 2.20. The van der Waals surface area contributed by atoms with Crippen LogP contribution in [0.4, 0.5) is 0 Å². The van der Waals surface area contributed by atoms with Gasteiger partial charge in [-0.3, -0.25) is 4.79 Å². The number of esters is 1. The lowest BCUT2D eigenvalue weighted by atomic mass is 10.2. The Morgan fingerprint density at radius 1 is 1.15 bits per heavy atom. The van der Waals surface area contributed by atoms with Gasteiger partial charge in [0.05, 0.1) is 22.8 Å². The van der Waals surface area contributed by atoms with Gasteiger partial charge in [-0.1, -0.05) is 36.4 Å². The number of benzene rings is 2. The van der Waals surface area contributed by atoms with Crippen molar-refractivity contribution in [3.63, 3.8) is 0 Å². The minimum atomic E-state index is -0.332. The van der Waals surface area contributed by atoms with Crippen LogP contribution >= 0.6 is 11.8 Å². The van der Waals surface area contributed by atoms with Crippen molar-refractivity contribution >= 4 is 17.7 Å². The Labute approximate surface area is 156 Å². The van der Waals surface area contributed by atoms with Crippen molar-refractivity contribution in [3.8, 4) is 11.8 Å². The lowest BCUT2D eigenvalue weighted by molar-refractivity contribution is -0.141. The molecule has 3 rings (SSSR count). The number of para-hydroxylation sites is 1. The summed E-state index contributed by atoms with van der Waals surface area (Å²) in [6.07, 6.45) is 0. The molecule has 6 heteroatoms. The first-order valence-electron chi connectivity index (χ1n) is 8.06. The summed E-state index contributed by atoms with van der Waals surface area (Å²) >= 11 is 1.42. The topological polar surface area (TPSA) is 67.9 Å². The molecule has 0 spiro atoms. The van der Waals surface area contributed by atoms with Crippen molar-refractivity contribution in [2.75, 3.05) is 5.75 Å². The van der Waals surface area contributed by atoms with Gasteiger partial charge < -0.3 is 4.74 Å². The van der Waals surface area contributed by atoms with E-state index in [9.17, 15) is 10.1 Å². The quantitative estimate of drug-likeness (QED) is 0.491. The fourth-order valence-electron chi connectivity index (χ4n) is 2.49. The van der Waals surface area contributed by atoms with Crippen LogP contribution in [0, 0.1) is 18.3 Å². The summed E-state index contributed by atoms with van der Waals surface area (Å²) in [5.74, 6) is -0.120. The zero-order valence-electron chi connectivity index (χ0n) is 14.3. The Morgan fingerprint density at radius 2 is 1.81 bits per heavy atom. The van der Waals surface area contributed by atoms with Crippen LogP contribution in [-0.2, 0) is 16.1 Å². The molecule has 3 aromatic rings. The molecule has 26 heavy (non-hydrogen) atoms. The Kier molecular flexibility index (Phi) is 5.72. The van der Waals surface area contributed by atoms with Gasteiger partial charge in [0.2, 0.25) is 0 Å². The molecule has 2 aromatic carbocycles. The van der Waals surface area contributed by atoms with Crippen LogP contribution in [0.25, 0.3) is 5.69 Å². The number of carbonyl (C=O) groups is 1. The molecular formula is C20H17N3O2S. The minimum Gasteiger partial charge on any atom is -0.458 e. The number of hydrogen-bond acceptors (Lipinski definition) is 5. The number of ether oxygens (including phenoxy) is 1. The van der Waals surface area contributed by atoms with Gasteiger partial charge in [0, 0.05) is 4.90 Å². The molecule has 0 aliphatic heterocycles. The molecule has 1 heterocycles. The predicted octanol–water partition coefficient (Wildman–Crippen LogP) is 3.89.